The van der Waals surface area contributed by atoms with E-state index in [9.17, 15) is 0 Å². The van der Waals surface area contributed by atoms with Crippen LogP contribution in [0.3, 0.4) is 0 Å². The summed E-state index contributed by atoms with van der Waals surface area (Å²) in [6.45, 7) is 3.67. The van der Waals surface area contributed by atoms with Crippen LogP contribution in [0.2, 0.25) is 0 Å². The summed E-state index contributed by atoms with van der Waals surface area (Å²) in [6, 6.07) is 0. The molecular formula is C12H18N4OS. The van der Waals surface area contributed by atoms with E-state index in [2.05, 4.69) is 20.8 Å². The van der Waals surface area contributed by atoms with Crippen molar-refractivity contribution in [1.29, 1.82) is 0 Å². The van der Waals surface area contributed by atoms with Crippen LogP contribution in [0.5, 0.6) is 5.88 Å². The fraction of sp³-hybridized carbons (Fsp3) is 0.500. The van der Waals surface area contributed by atoms with Gasteiger partial charge in [0.25, 0.3) is 0 Å². The van der Waals surface area contributed by atoms with Crippen molar-refractivity contribution in [2.75, 3.05) is 13.7 Å². The van der Waals surface area contributed by atoms with Crippen molar-refractivity contribution in [3.05, 3.63) is 27.8 Å². The molecule has 0 unspecified atom stereocenters. The topological polar surface area (TPSA) is 52.0 Å². The Morgan fingerprint density at radius 3 is 3.00 bits per heavy atom. The number of hydrogen-bond acceptors (Lipinski definition) is 5. The van der Waals surface area contributed by atoms with Gasteiger partial charge < -0.3 is 10.1 Å². The van der Waals surface area contributed by atoms with Crippen LogP contribution >= 0.6 is 11.3 Å². The average Bonchev–Trinajstić information content (AvgIpc) is 2.93. The number of ether oxygens (including phenoxy) is 1. The number of methoxy groups -OCH3 is 1. The van der Waals surface area contributed by atoms with Gasteiger partial charge in [-0.2, -0.15) is 5.10 Å². The van der Waals surface area contributed by atoms with E-state index in [1.54, 1.807) is 23.1 Å². The van der Waals surface area contributed by atoms with Gasteiger partial charge in [0.15, 0.2) is 0 Å². The van der Waals surface area contributed by atoms with Gasteiger partial charge in [-0.25, -0.2) is 9.67 Å². The Hall–Kier alpha value is -1.40. The molecule has 98 valence electrons. The van der Waals surface area contributed by atoms with Crippen molar-refractivity contribution in [2.24, 2.45) is 7.05 Å². The number of aromatic nitrogens is 3. The molecule has 0 aliphatic carbocycles. The molecule has 0 amide bonds. The van der Waals surface area contributed by atoms with Crippen LogP contribution in [0, 0.1) is 6.92 Å². The van der Waals surface area contributed by atoms with Gasteiger partial charge in [0.1, 0.15) is 0 Å². The minimum Gasteiger partial charge on any atom is -0.481 e. The summed E-state index contributed by atoms with van der Waals surface area (Å²) < 4.78 is 7.12. The molecule has 0 bridgehead atoms. The van der Waals surface area contributed by atoms with E-state index in [1.807, 2.05) is 19.5 Å². The Kier molecular flexibility index (Phi) is 4.33. The molecule has 0 saturated carbocycles. The molecule has 0 saturated heterocycles. The smallest absolute Gasteiger partial charge is 0.216 e. The van der Waals surface area contributed by atoms with Crippen molar-refractivity contribution >= 4 is 11.3 Å². The molecule has 2 aromatic rings. The Balaban J connectivity index is 1.86. The van der Waals surface area contributed by atoms with Crippen LogP contribution in [0.4, 0.5) is 0 Å². The van der Waals surface area contributed by atoms with E-state index >= 15 is 0 Å². The second-order valence-corrected chi connectivity index (χ2v) is 4.82. The number of hydrogen-bond donors (Lipinski definition) is 1. The maximum atomic E-state index is 5.35. The number of nitrogens with zero attached hydrogens (tertiary/aromatic N) is 3. The summed E-state index contributed by atoms with van der Waals surface area (Å²) in [6.07, 6.45) is 0.950. The summed E-state index contributed by atoms with van der Waals surface area (Å²) in [7, 11) is 3.57. The van der Waals surface area contributed by atoms with Gasteiger partial charge in [-0.3, -0.25) is 0 Å². The van der Waals surface area contributed by atoms with Crippen LogP contribution in [0.25, 0.3) is 0 Å². The minimum atomic E-state index is 0.771. The van der Waals surface area contributed by atoms with E-state index in [-0.39, 0.29) is 0 Å². The highest BCUT2D eigenvalue weighted by Gasteiger charge is 2.12. The van der Waals surface area contributed by atoms with Crippen LogP contribution < -0.4 is 10.1 Å². The zero-order chi connectivity index (χ0) is 13.0. The molecule has 0 aliphatic heterocycles. The molecule has 0 aliphatic rings. The molecule has 2 aromatic heterocycles. The van der Waals surface area contributed by atoms with Gasteiger partial charge in [0, 0.05) is 31.9 Å². The predicted molar refractivity (Wildman–Crippen MR) is 72.0 cm³/mol. The van der Waals surface area contributed by atoms with E-state index in [0.717, 1.165) is 42.3 Å². The quantitative estimate of drug-likeness (QED) is 0.806. The Morgan fingerprint density at radius 1 is 1.50 bits per heavy atom. The summed E-state index contributed by atoms with van der Waals surface area (Å²) in [5, 5.41) is 9.83. The van der Waals surface area contributed by atoms with Gasteiger partial charge >= 0.3 is 0 Å². The lowest BCUT2D eigenvalue weighted by atomic mass is 10.2. The third-order valence-electron chi connectivity index (χ3n) is 2.83. The molecular weight excluding hydrogens is 248 g/mol. The summed E-state index contributed by atoms with van der Waals surface area (Å²) in [5.41, 5.74) is 5.14. The first-order valence-electron chi connectivity index (χ1n) is 5.86. The summed E-state index contributed by atoms with van der Waals surface area (Å²) >= 11 is 1.63. The largest absolute Gasteiger partial charge is 0.481 e. The van der Waals surface area contributed by atoms with E-state index < -0.39 is 0 Å². The minimum absolute atomic E-state index is 0.771. The lowest BCUT2D eigenvalue weighted by Crippen LogP contribution is -2.17. The van der Waals surface area contributed by atoms with E-state index in [4.69, 9.17) is 4.74 Å². The van der Waals surface area contributed by atoms with Crippen molar-refractivity contribution in [2.45, 2.75) is 19.9 Å². The van der Waals surface area contributed by atoms with Crippen molar-refractivity contribution in [3.8, 4) is 5.88 Å². The van der Waals surface area contributed by atoms with Gasteiger partial charge in [-0.15, -0.1) is 11.3 Å². The number of aryl methyl sites for hydroxylation is 2. The summed E-state index contributed by atoms with van der Waals surface area (Å²) in [4.78, 5) is 4.25. The second kappa shape index (κ2) is 5.97. The molecule has 6 heteroatoms. The Bertz CT molecular complexity index is 492. The molecule has 5 nitrogen and oxygen atoms in total. The first-order valence-corrected chi connectivity index (χ1v) is 6.81. The first kappa shape index (κ1) is 13.0. The van der Waals surface area contributed by atoms with Gasteiger partial charge in [0.2, 0.25) is 5.88 Å². The molecule has 0 fully saturated rings. The molecule has 18 heavy (non-hydrogen) atoms. The zero-order valence-electron chi connectivity index (χ0n) is 10.9. The molecule has 2 rings (SSSR count). The van der Waals surface area contributed by atoms with Crippen molar-refractivity contribution in [1.82, 2.24) is 20.1 Å². The van der Waals surface area contributed by atoms with Crippen molar-refractivity contribution < 1.29 is 4.74 Å². The van der Waals surface area contributed by atoms with Gasteiger partial charge in [-0.05, 0) is 6.92 Å². The number of rotatable bonds is 6. The molecule has 2 heterocycles. The normalized spacial score (nSPS) is 10.8. The van der Waals surface area contributed by atoms with Gasteiger partial charge in [0.05, 0.1) is 29.6 Å². The summed E-state index contributed by atoms with van der Waals surface area (Å²) in [5.74, 6) is 0.827. The average molecular weight is 266 g/mol. The molecule has 0 spiro atoms. The maximum absolute atomic E-state index is 5.35. The molecule has 0 radical (unpaired) electrons. The van der Waals surface area contributed by atoms with Crippen LogP contribution in [0.15, 0.2) is 10.9 Å². The fourth-order valence-electron chi connectivity index (χ4n) is 1.93. The predicted octanol–water partition coefficient (Wildman–Crippen LogP) is 1.53. The fourth-order valence-corrected chi connectivity index (χ4v) is 2.52. The van der Waals surface area contributed by atoms with Crippen molar-refractivity contribution in [3.63, 3.8) is 0 Å². The standard InChI is InChI=1S/C12H18N4OS/c1-9-11(12(17-3)16(2)15-9)6-13-5-4-10-7-18-8-14-10/h7-8,13H,4-6H2,1-3H3. The van der Waals surface area contributed by atoms with Crippen LogP contribution in [0.1, 0.15) is 17.0 Å². The monoisotopic (exact) mass is 266 g/mol. The van der Waals surface area contributed by atoms with E-state index in [0.29, 0.717) is 0 Å². The highest BCUT2D eigenvalue weighted by molar-refractivity contribution is 7.07. The third-order valence-corrected chi connectivity index (χ3v) is 3.46. The lowest BCUT2D eigenvalue weighted by Gasteiger charge is -2.06. The highest BCUT2D eigenvalue weighted by atomic mass is 32.1. The second-order valence-electron chi connectivity index (χ2n) is 4.10. The van der Waals surface area contributed by atoms with Crippen LogP contribution in [-0.4, -0.2) is 28.4 Å². The molecule has 1 N–H and O–H groups in total. The zero-order valence-corrected chi connectivity index (χ0v) is 11.8. The third kappa shape index (κ3) is 2.88. The lowest BCUT2D eigenvalue weighted by molar-refractivity contribution is 0.368. The highest BCUT2D eigenvalue weighted by Crippen LogP contribution is 2.20. The SMILES string of the molecule is COc1c(CNCCc2cscn2)c(C)nn1C. The first-order chi connectivity index (χ1) is 8.72. The molecule has 0 atom stereocenters. The Morgan fingerprint density at radius 2 is 2.33 bits per heavy atom. The maximum Gasteiger partial charge on any atom is 0.216 e. The number of thiazole rings is 1. The van der Waals surface area contributed by atoms with Gasteiger partial charge in [-0.1, -0.05) is 0 Å². The molecule has 0 aromatic carbocycles. The van der Waals surface area contributed by atoms with E-state index in [1.165, 1.54) is 0 Å². The number of nitrogens with one attached hydrogen (secondary N) is 1. The van der Waals surface area contributed by atoms with Crippen LogP contribution in [-0.2, 0) is 20.0 Å². The Labute approximate surface area is 111 Å².